The van der Waals surface area contributed by atoms with E-state index in [9.17, 15) is 0 Å². The van der Waals surface area contributed by atoms with Crippen molar-refractivity contribution in [1.82, 2.24) is 20.1 Å². The number of para-hydroxylation sites is 1. The smallest absolute Gasteiger partial charge is 0.181 e. The van der Waals surface area contributed by atoms with Gasteiger partial charge in [-0.25, -0.2) is 4.98 Å². The predicted octanol–water partition coefficient (Wildman–Crippen LogP) is 3.74. The molecule has 128 valence electrons. The first-order chi connectivity index (χ1) is 12.3. The first kappa shape index (κ1) is 15.8. The minimum absolute atomic E-state index is 0.712. The molecule has 0 atom stereocenters. The van der Waals surface area contributed by atoms with Gasteiger partial charge in [0.1, 0.15) is 5.75 Å². The van der Waals surface area contributed by atoms with Crippen LogP contribution in [-0.4, -0.2) is 40.3 Å². The van der Waals surface area contributed by atoms with Crippen molar-refractivity contribution in [3.63, 3.8) is 0 Å². The Morgan fingerprint density at radius 2 is 1.92 bits per heavy atom. The average Bonchev–Trinajstić information content (AvgIpc) is 3.34. The third-order valence-corrected chi connectivity index (χ3v) is 4.64. The molecule has 1 aliphatic rings. The molecule has 5 nitrogen and oxygen atoms in total. The molecule has 1 saturated heterocycles. The highest BCUT2D eigenvalue weighted by molar-refractivity contribution is 5.66. The molecule has 0 radical (unpaired) electrons. The molecule has 0 bridgehead atoms. The first-order valence-corrected chi connectivity index (χ1v) is 8.71. The number of nitrogens with one attached hydrogen (secondary N) is 1. The number of benzene rings is 2. The summed E-state index contributed by atoms with van der Waals surface area (Å²) < 4.78 is 5.41. The van der Waals surface area contributed by atoms with Gasteiger partial charge in [-0.2, -0.15) is 5.10 Å². The first-order valence-electron chi connectivity index (χ1n) is 8.71. The lowest BCUT2D eigenvalue weighted by Crippen LogP contribution is -2.18. The van der Waals surface area contributed by atoms with Crippen molar-refractivity contribution < 1.29 is 4.74 Å². The van der Waals surface area contributed by atoms with Crippen molar-refractivity contribution >= 4 is 0 Å². The third kappa shape index (κ3) is 3.42. The summed E-state index contributed by atoms with van der Waals surface area (Å²) in [4.78, 5) is 7.17. The van der Waals surface area contributed by atoms with Gasteiger partial charge in [0.2, 0.25) is 0 Å². The van der Waals surface area contributed by atoms with Gasteiger partial charge in [-0.15, -0.1) is 0 Å². The zero-order valence-corrected chi connectivity index (χ0v) is 14.4. The number of likely N-dealkylation sites (tertiary alicyclic amines) is 1. The van der Waals surface area contributed by atoms with E-state index in [1.165, 1.54) is 31.5 Å². The minimum atomic E-state index is 0.712. The fourth-order valence-electron chi connectivity index (χ4n) is 3.36. The van der Waals surface area contributed by atoms with Crippen LogP contribution in [0.4, 0.5) is 0 Å². The molecule has 0 amide bonds. The van der Waals surface area contributed by atoms with Crippen molar-refractivity contribution in [2.45, 2.75) is 19.4 Å². The summed E-state index contributed by atoms with van der Waals surface area (Å²) in [5.41, 5.74) is 3.26. The van der Waals surface area contributed by atoms with Crippen LogP contribution in [0.15, 0.2) is 48.5 Å². The Kier molecular flexibility index (Phi) is 4.48. The average molecular weight is 334 g/mol. The molecule has 5 heteroatoms. The van der Waals surface area contributed by atoms with Crippen LogP contribution in [0.5, 0.6) is 5.75 Å². The highest BCUT2D eigenvalue weighted by atomic mass is 16.5. The number of aromatic amines is 1. The van der Waals surface area contributed by atoms with Gasteiger partial charge in [0.15, 0.2) is 11.6 Å². The molecule has 25 heavy (non-hydrogen) atoms. The molecule has 2 heterocycles. The second-order valence-electron chi connectivity index (χ2n) is 6.39. The van der Waals surface area contributed by atoms with Crippen molar-refractivity contribution in [3.05, 3.63) is 54.1 Å². The number of aromatic nitrogens is 3. The number of hydrogen-bond donors (Lipinski definition) is 1. The molecule has 1 fully saturated rings. The molecule has 0 spiro atoms. The maximum absolute atomic E-state index is 5.41. The SMILES string of the molecule is COc1ccccc1-c1nc(-c2cccc(CN3CCCC3)c2)n[nH]1. The largest absolute Gasteiger partial charge is 0.496 e. The molecule has 1 aromatic heterocycles. The van der Waals surface area contributed by atoms with Crippen LogP contribution in [-0.2, 0) is 6.54 Å². The standard InChI is InChI=1S/C20H22N4O/c1-25-18-10-3-2-9-17(18)20-21-19(22-23-20)16-8-6-7-15(13-16)14-24-11-4-5-12-24/h2-3,6-10,13H,4-5,11-12,14H2,1H3,(H,21,22,23). The zero-order valence-electron chi connectivity index (χ0n) is 14.4. The number of H-pyrrole nitrogens is 1. The number of ether oxygens (including phenoxy) is 1. The normalized spacial score (nSPS) is 14.8. The second kappa shape index (κ2) is 7.07. The van der Waals surface area contributed by atoms with Gasteiger partial charge in [-0.3, -0.25) is 10.00 Å². The molecule has 3 aromatic rings. The fraction of sp³-hybridized carbons (Fsp3) is 0.300. The molecular formula is C20H22N4O. The van der Waals surface area contributed by atoms with Crippen LogP contribution in [0.25, 0.3) is 22.8 Å². The van der Waals surface area contributed by atoms with Gasteiger partial charge in [-0.1, -0.05) is 30.3 Å². The summed E-state index contributed by atoms with van der Waals surface area (Å²) in [7, 11) is 1.66. The van der Waals surface area contributed by atoms with Crippen LogP contribution in [0, 0.1) is 0 Å². The Bertz CT molecular complexity index is 852. The van der Waals surface area contributed by atoms with E-state index in [1.807, 2.05) is 24.3 Å². The van der Waals surface area contributed by atoms with Crippen molar-refractivity contribution in [1.29, 1.82) is 0 Å². The van der Waals surface area contributed by atoms with Gasteiger partial charge in [0, 0.05) is 12.1 Å². The molecule has 1 N–H and O–H groups in total. The van der Waals surface area contributed by atoms with Crippen molar-refractivity contribution in [3.8, 4) is 28.5 Å². The van der Waals surface area contributed by atoms with E-state index in [-0.39, 0.29) is 0 Å². The van der Waals surface area contributed by atoms with E-state index in [4.69, 9.17) is 4.74 Å². The summed E-state index contributed by atoms with van der Waals surface area (Å²) in [6, 6.07) is 16.3. The highest BCUT2D eigenvalue weighted by Crippen LogP contribution is 2.28. The van der Waals surface area contributed by atoms with Crippen molar-refractivity contribution in [2.24, 2.45) is 0 Å². The van der Waals surface area contributed by atoms with E-state index in [2.05, 4.69) is 44.3 Å². The van der Waals surface area contributed by atoms with Crippen LogP contribution in [0.3, 0.4) is 0 Å². The molecule has 0 aliphatic carbocycles. The van der Waals surface area contributed by atoms with E-state index >= 15 is 0 Å². The van der Waals surface area contributed by atoms with Gasteiger partial charge in [-0.05, 0) is 49.7 Å². The van der Waals surface area contributed by atoms with E-state index < -0.39 is 0 Å². The quantitative estimate of drug-likeness (QED) is 0.772. The summed E-state index contributed by atoms with van der Waals surface area (Å²) in [5, 5.41) is 7.44. The fourth-order valence-corrected chi connectivity index (χ4v) is 3.36. The predicted molar refractivity (Wildman–Crippen MR) is 98.3 cm³/mol. The molecule has 1 aliphatic heterocycles. The topological polar surface area (TPSA) is 54.0 Å². The Balaban J connectivity index is 1.59. The number of methoxy groups -OCH3 is 1. The Labute approximate surface area is 147 Å². The summed E-state index contributed by atoms with van der Waals surface area (Å²) >= 11 is 0. The lowest BCUT2D eigenvalue weighted by atomic mass is 10.1. The summed E-state index contributed by atoms with van der Waals surface area (Å²) in [5.74, 6) is 2.22. The zero-order chi connectivity index (χ0) is 17.1. The lowest BCUT2D eigenvalue weighted by molar-refractivity contribution is 0.331. The van der Waals surface area contributed by atoms with Gasteiger partial charge in [0.05, 0.1) is 12.7 Å². The molecule has 4 rings (SSSR count). The maximum atomic E-state index is 5.41. The van der Waals surface area contributed by atoms with Crippen molar-refractivity contribution in [2.75, 3.05) is 20.2 Å². The Hall–Kier alpha value is -2.66. The Morgan fingerprint density at radius 3 is 2.76 bits per heavy atom. The van der Waals surface area contributed by atoms with Gasteiger partial charge in [0.25, 0.3) is 0 Å². The number of rotatable bonds is 5. The maximum Gasteiger partial charge on any atom is 0.181 e. The van der Waals surface area contributed by atoms with E-state index in [1.54, 1.807) is 7.11 Å². The lowest BCUT2D eigenvalue weighted by Gasteiger charge is -2.14. The van der Waals surface area contributed by atoms with Crippen LogP contribution in [0.2, 0.25) is 0 Å². The summed E-state index contributed by atoms with van der Waals surface area (Å²) in [6.45, 7) is 3.39. The monoisotopic (exact) mass is 334 g/mol. The minimum Gasteiger partial charge on any atom is -0.496 e. The molecule has 0 unspecified atom stereocenters. The molecule has 0 saturated carbocycles. The molecular weight excluding hydrogens is 312 g/mol. The molecule has 2 aromatic carbocycles. The number of nitrogens with zero attached hydrogens (tertiary/aromatic N) is 3. The summed E-state index contributed by atoms with van der Waals surface area (Å²) in [6.07, 6.45) is 2.62. The van der Waals surface area contributed by atoms with Gasteiger partial charge < -0.3 is 4.74 Å². The van der Waals surface area contributed by atoms with E-state index in [0.29, 0.717) is 5.82 Å². The second-order valence-corrected chi connectivity index (χ2v) is 6.39. The van der Waals surface area contributed by atoms with Crippen LogP contribution >= 0.6 is 0 Å². The van der Waals surface area contributed by atoms with Gasteiger partial charge >= 0.3 is 0 Å². The van der Waals surface area contributed by atoms with Crippen LogP contribution < -0.4 is 4.74 Å². The van der Waals surface area contributed by atoms with Crippen LogP contribution in [0.1, 0.15) is 18.4 Å². The third-order valence-electron chi connectivity index (χ3n) is 4.64. The number of hydrogen-bond acceptors (Lipinski definition) is 4. The van der Waals surface area contributed by atoms with E-state index in [0.717, 1.165) is 29.2 Å². The Morgan fingerprint density at radius 1 is 1.08 bits per heavy atom. The highest BCUT2D eigenvalue weighted by Gasteiger charge is 2.14.